The summed E-state index contributed by atoms with van der Waals surface area (Å²) in [7, 11) is 0. The van der Waals surface area contributed by atoms with Gasteiger partial charge in [0.1, 0.15) is 5.65 Å². The molecule has 3 heterocycles. The summed E-state index contributed by atoms with van der Waals surface area (Å²) in [6.45, 7) is 13.4. The predicted molar refractivity (Wildman–Crippen MR) is 136 cm³/mol. The summed E-state index contributed by atoms with van der Waals surface area (Å²) in [5.74, 6) is 1.30. The number of piperidine rings is 1. The lowest BCUT2D eigenvalue weighted by Crippen LogP contribution is -2.33. The summed E-state index contributed by atoms with van der Waals surface area (Å²) >= 11 is 7.66. The standard InChI is InChI=1S/C24H29Br2N3.CO2/c1-14(2)18-11-19(25)23(20(26)12-18)29-13-16(4)22-21(10-17(5)27-24(22)29)28-8-6-15(3)7-9-28;2-1-3/h10-15H,6-9H2,1-5H3;. The zero-order valence-electron chi connectivity index (χ0n) is 19.2. The van der Waals surface area contributed by atoms with Crippen LogP contribution >= 0.6 is 31.9 Å². The summed E-state index contributed by atoms with van der Waals surface area (Å²) in [6.07, 6.45) is 5.00. The average molecular weight is 563 g/mol. The molecular weight excluding hydrogens is 534 g/mol. The largest absolute Gasteiger partial charge is 0.373 e. The summed E-state index contributed by atoms with van der Waals surface area (Å²) in [5, 5.41) is 1.27. The van der Waals surface area contributed by atoms with Crippen molar-refractivity contribution >= 4 is 54.7 Å². The molecule has 2 aromatic heterocycles. The SMILES string of the molecule is Cc1cc(N2CCC(C)CC2)c2c(C)cn(-c3c(Br)cc(C(C)C)cc3Br)c2n1.O=C=O. The molecule has 1 aromatic carbocycles. The topological polar surface area (TPSA) is 55.2 Å². The van der Waals surface area contributed by atoms with Crippen LogP contribution in [0.4, 0.5) is 5.69 Å². The zero-order valence-corrected chi connectivity index (χ0v) is 22.4. The van der Waals surface area contributed by atoms with E-state index in [2.05, 4.69) is 100 Å². The second kappa shape index (κ2) is 10.3. The minimum Gasteiger partial charge on any atom is -0.371 e. The van der Waals surface area contributed by atoms with Gasteiger partial charge in [-0.2, -0.15) is 9.59 Å². The third-order valence-corrected chi connectivity index (χ3v) is 7.33. The molecule has 1 fully saturated rings. The minimum atomic E-state index is 0.250. The number of pyridine rings is 1. The van der Waals surface area contributed by atoms with E-state index in [9.17, 15) is 0 Å². The van der Waals surface area contributed by atoms with Gasteiger partial charge in [-0.3, -0.25) is 4.57 Å². The van der Waals surface area contributed by atoms with Gasteiger partial charge in [0.05, 0.1) is 5.69 Å². The first-order valence-corrected chi connectivity index (χ1v) is 12.5. The first kappa shape index (κ1) is 24.7. The molecule has 32 heavy (non-hydrogen) atoms. The number of aryl methyl sites for hydroxylation is 2. The van der Waals surface area contributed by atoms with Gasteiger partial charge in [-0.15, -0.1) is 0 Å². The van der Waals surface area contributed by atoms with Gasteiger partial charge < -0.3 is 4.90 Å². The first-order valence-electron chi connectivity index (χ1n) is 10.9. The molecule has 7 heteroatoms. The molecule has 1 saturated heterocycles. The van der Waals surface area contributed by atoms with Crippen LogP contribution in [-0.4, -0.2) is 28.8 Å². The molecule has 170 valence electrons. The van der Waals surface area contributed by atoms with Gasteiger partial charge in [-0.25, -0.2) is 4.98 Å². The van der Waals surface area contributed by atoms with Crippen molar-refractivity contribution in [3.63, 3.8) is 0 Å². The van der Waals surface area contributed by atoms with Crippen molar-refractivity contribution in [2.24, 2.45) is 5.92 Å². The molecule has 0 N–H and O–H groups in total. The van der Waals surface area contributed by atoms with E-state index in [0.717, 1.165) is 45.0 Å². The number of hydrogen-bond donors (Lipinski definition) is 0. The Hall–Kier alpha value is -1.95. The molecule has 0 spiro atoms. The van der Waals surface area contributed by atoms with Crippen LogP contribution in [0, 0.1) is 19.8 Å². The molecule has 0 saturated carbocycles. The predicted octanol–water partition coefficient (Wildman–Crippen LogP) is 6.94. The first-order chi connectivity index (χ1) is 15.2. The molecule has 1 aliphatic rings. The van der Waals surface area contributed by atoms with Crippen LogP contribution in [0.25, 0.3) is 16.7 Å². The Morgan fingerprint density at radius 1 is 1.06 bits per heavy atom. The maximum absolute atomic E-state index is 8.12. The van der Waals surface area contributed by atoms with Crippen molar-refractivity contribution in [2.75, 3.05) is 18.0 Å². The highest BCUT2D eigenvalue weighted by Crippen LogP contribution is 2.39. The third-order valence-electron chi connectivity index (χ3n) is 6.12. The quantitative estimate of drug-likeness (QED) is 0.347. The average Bonchev–Trinajstić information content (AvgIpc) is 3.04. The van der Waals surface area contributed by atoms with Gasteiger partial charge >= 0.3 is 6.15 Å². The lowest BCUT2D eigenvalue weighted by Gasteiger charge is -2.33. The maximum atomic E-state index is 8.12. The van der Waals surface area contributed by atoms with E-state index in [1.165, 1.54) is 35.0 Å². The van der Waals surface area contributed by atoms with E-state index in [1.54, 1.807) is 0 Å². The molecule has 0 unspecified atom stereocenters. The van der Waals surface area contributed by atoms with Crippen LogP contribution < -0.4 is 4.90 Å². The Kier molecular flexibility index (Phi) is 7.97. The number of nitrogens with zero attached hydrogens (tertiary/aromatic N) is 3. The smallest absolute Gasteiger partial charge is 0.371 e. The third kappa shape index (κ3) is 5.00. The highest BCUT2D eigenvalue weighted by Gasteiger charge is 2.23. The molecule has 1 aliphatic heterocycles. The number of rotatable bonds is 3. The molecule has 4 rings (SSSR count). The fourth-order valence-corrected chi connectivity index (χ4v) is 5.93. The van der Waals surface area contributed by atoms with Gasteiger partial charge in [0.2, 0.25) is 0 Å². The summed E-state index contributed by atoms with van der Waals surface area (Å²) < 4.78 is 4.42. The minimum absolute atomic E-state index is 0.250. The van der Waals surface area contributed by atoms with Crippen molar-refractivity contribution in [2.45, 2.75) is 53.4 Å². The Labute approximate surface area is 206 Å². The second-order valence-corrected chi connectivity index (χ2v) is 10.6. The van der Waals surface area contributed by atoms with E-state index in [1.807, 2.05) is 0 Å². The number of fused-ring (bicyclic) bond motifs is 1. The van der Waals surface area contributed by atoms with Crippen molar-refractivity contribution in [1.82, 2.24) is 9.55 Å². The molecule has 0 aliphatic carbocycles. The summed E-state index contributed by atoms with van der Waals surface area (Å²) in [6, 6.07) is 6.73. The van der Waals surface area contributed by atoms with Crippen molar-refractivity contribution in [3.8, 4) is 5.69 Å². The zero-order chi connectivity index (χ0) is 23.6. The van der Waals surface area contributed by atoms with Gasteiger partial charge in [0.25, 0.3) is 0 Å². The lowest BCUT2D eigenvalue weighted by atomic mass is 9.98. The molecule has 3 aromatic rings. The van der Waals surface area contributed by atoms with Gasteiger partial charge in [0, 0.05) is 45.0 Å². The Morgan fingerprint density at radius 3 is 2.16 bits per heavy atom. The fraction of sp³-hybridized carbons (Fsp3) is 0.440. The highest BCUT2D eigenvalue weighted by atomic mass is 79.9. The molecular formula is C25H29Br2N3O2. The van der Waals surface area contributed by atoms with Gasteiger partial charge in [-0.05, 0) is 99.7 Å². The normalized spacial score (nSPS) is 14.4. The van der Waals surface area contributed by atoms with Crippen molar-refractivity contribution < 1.29 is 9.59 Å². The summed E-state index contributed by atoms with van der Waals surface area (Å²) in [4.78, 5) is 23.8. The van der Waals surface area contributed by atoms with E-state index >= 15 is 0 Å². The molecule has 0 radical (unpaired) electrons. The molecule has 5 nitrogen and oxygen atoms in total. The van der Waals surface area contributed by atoms with Crippen LogP contribution in [-0.2, 0) is 9.59 Å². The van der Waals surface area contributed by atoms with Crippen LogP contribution in [0.15, 0.2) is 33.3 Å². The van der Waals surface area contributed by atoms with E-state index in [-0.39, 0.29) is 6.15 Å². The van der Waals surface area contributed by atoms with Crippen molar-refractivity contribution in [3.05, 3.63) is 50.2 Å². The van der Waals surface area contributed by atoms with Gasteiger partial charge in [0.15, 0.2) is 0 Å². The van der Waals surface area contributed by atoms with Crippen LogP contribution in [0.2, 0.25) is 0 Å². The van der Waals surface area contributed by atoms with Crippen LogP contribution in [0.3, 0.4) is 0 Å². The number of carbonyl (C=O) groups excluding carboxylic acids is 2. The Bertz CT molecular complexity index is 1130. The highest BCUT2D eigenvalue weighted by molar-refractivity contribution is 9.11. The van der Waals surface area contributed by atoms with Crippen LogP contribution in [0.1, 0.15) is 56.4 Å². The van der Waals surface area contributed by atoms with Crippen molar-refractivity contribution in [1.29, 1.82) is 0 Å². The number of anilines is 1. The van der Waals surface area contributed by atoms with Gasteiger partial charge in [-0.1, -0.05) is 20.8 Å². The van der Waals surface area contributed by atoms with E-state index in [4.69, 9.17) is 14.6 Å². The number of benzene rings is 1. The van der Waals surface area contributed by atoms with Crippen LogP contribution in [0.5, 0.6) is 0 Å². The Morgan fingerprint density at radius 2 is 1.62 bits per heavy atom. The maximum Gasteiger partial charge on any atom is 0.373 e. The molecule has 0 atom stereocenters. The fourth-order valence-electron chi connectivity index (χ4n) is 4.33. The number of aromatic nitrogens is 2. The van der Waals surface area contributed by atoms with E-state index in [0.29, 0.717) is 5.92 Å². The van der Waals surface area contributed by atoms with E-state index < -0.39 is 0 Å². The number of hydrogen-bond acceptors (Lipinski definition) is 4. The Balaban J connectivity index is 0.000000913. The summed E-state index contributed by atoms with van der Waals surface area (Å²) in [5.41, 5.74) is 7.14. The lowest BCUT2D eigenvalue weighted by molar-refractivity contribution is -0.191. The molecule has 0 amide bonds. The number of halogens is 2. The monoisotopic (exact) mass is 561 g/mol. The molecule has 0 bridgehead atoms. The second-order valence-electron chi connectivity index (χ2n) is 8.90.